The maximum absolute atomic E-state index is 2.55. The van der Waals surface area contributed by atoms with Gasteiger partial charge in [-0.05, 0) is 118 Å². The minimum absolute atomic E-state index is 0.0212. The number of allylic oxidation sites excluding steroid dienone is 2. The molecule has 1 aliphatic carbocycles. The van der Waals surface area contributed by atoms with Crippen LogP contribution in [0.2, 0.25) is 0 Å². The number of nitrogens with zero attached hydrogens (tertiary/aromatic N) is 1. The Morgan fingerprint density at radius 2 is 0.961 bits per heavy atom. The van der Waals surface area contributed by atoms with Gasteiger partial charge in [0.25, 0.3) is 0 Å². The molecule has 0 saturated carbocycles. The van der Waals surface area contributed by atoms with Crippen LogP contribution in [0.25, 0.3) is 66.1 Å². The fraction of sp³-hybridized carbons (Fsp3) is 0.160. The van der Waals surface area contributed by atoms with Crippen molar-refractivity contribution in [2.45, 2.75) is 46.1 Å². The molecule has 1 aliphatic heterocycles. The zero-order chi connectivity index (χ0) is 34.9. The van der Waals surface area contributed by atoms with E-state index in [1.807, 2.05) is 0 Å². The SMILES string of the molecule is CCN1c2ccc(-c3ccc(-c4c5ccc(C)cc5c(-c5ccc(-c6ccc(C)cc6)cc5)c5ccc(C)cc45)cc3)cc2C2(C)C=CC=CC12. The van der Waals surface area contributed by atoms with Crippen molar-refractivity contribution in [2.24, 2.45) is 0 Å². The van der Waals surface area contributed by atoms with E-state index in [9.17, 15) is 0 Å². The highest BCUT2D eigenvalue weighted by atomic mass is 15.2. The highest BCUT2D eigenvalue weighted by Crippen LogP contribution is 2.50. The van der Waals surface area contributed by atoms with Crippen LogP contribution in [0.15, 0.2) is 152 Å². The molecular weight excluding hydrogens is 615 g/mol. The first kappa shape index (κ1) is 31.3. The molecule has 1 heteroatoms. The van der Waals surface area contributed by atoms with Crippen molar-refractivity contribution in [1.29, 1.82) is 0 Å². The lowest BCUT2D eigenvalue weighted by atomic mass is 9.75. The molecule has 0 radical (unpaired) electrons. The van der Waals surface area contributed by atoms with Crippen molar-refractivity contribution in [3.8, 4) is 44.5 Å². The molecule has 7 aromatic carbocycles. The highest BCUT2D eigenvalue weighted by molar-refractivity contribution is 6.21. The lowest BCUT2D eigenvalue weighted by Crippen LogP contribution is -2.41. The third kappa shape index (κ3) is 5.06. The first-order valence-electron chi connectivity index (χ1n) is 18.3. The van der Waals surface area contributed by atoms with Gasteiger partial charge in [-0.2, -0.15) is 0 Å². The quantitative estimate of drug-likeness (QED) is 0.167. The maximum atomic E-state index is 2.55. The average molecular weight is 658 g/mol. The van der Waals surface area contributed by atoms with Gasteiger partial charge in [-0.1, -0.05) is 156 Å². The Kier molecular flexibility index (Phi) is 7.37. The third-order valence-corrected chi connectivity index (χ3v) is 11.5. The van der Waals surface area contributed by atoms with Crippen LogP contribution in [0.3, 0.4) is 0 Å². The largest absolute Gasteiger partial charge is 0.364 e. The second kappa shape index (κ2) is 12.0. The Labute approximate surface area is 302 Å². The van der Waals surface area contributed by atoms with Crippen LogP contribution in [0.4, 0.5) is 5.69 Å². The molecule has 1 nitrogen and oxygen atoms in total. The molecule has 248 valence electrons. The van der Waals surface area contributed by atoms with E-state index < -0.39 is 0 Å². The van der Waals surface area contributed by atoms with Crippen LogP contribution in [0, 0.1) is 20.8 Å². The van der Waals surface area contributed by atoms with Gasteiger partial charge in [-0.15, -0.1) is 0 Å². The first-order chi connectivity index (χ1) is 24.8. The van der Waals surface area contributed by atoms with Crippen LogP contribution < -0.4 is 4.90 Å². The molecule has 1 heterocycles. The van der Waals surface area contributed by atoms with E-state index in [1.54, 1.807) is 0 Å². The molecule has 0 bridgehead atoms. The number of anilines is 1. The van der Waals surface area contributed by atoms with E-state index in [-0.39, 0.29) is 5.41 Å². The smallest absolute Gasteiger partial charge is 0.0605 e. The van der Waals surface area contributed by atoms with E-state index in [0.29, 0.717) is 6.04 Å². The van der Waals surface area contributed by atoms with Gasteiger partial charge in [0.1, 0.15) is 0 Å². The summed E-state index contributed by atoms with van der Waals surface area (Å²) in [4.78, 5) is 2.55. The molecule has 2 unspecified atom stereocenters. The van der Waals surface area contributed by atoms with E-state index >= 15 is 0 Å². The molecule has 0 spiro atoms. The Morgan fingerprint density at radius 3 is 1.51 bits per heavy atom. The molecular formula is C50H43N. The number of hydrogen-bond donors (Lipinski definition) is 0. The van der Waals surface area contributed by atoms with Crippen molar-refractivity contribution < 1.29 is 0 Å². The van der Waals surface area contributed by atoms with Gasteiger partial charge >= 0.3 is 0 Å². The summed E-state index contributed by atoms with van der Waals surface area (Å²) < 4.78 is 0. The second-order valence-electron chi connectivity index (χ2n) is 14.9. The summed E-state index contributed by atoms with van der Waals surface area (Å²) in [7, 11) is 0. The molecule has 2 aliphatic rings. The Morgan fingerprint density at radius 1 is 0.490 bits per heavy atom. The highest BCUT2D eigenvalue weighted by Gasteiger charge is 2.45. The molecule has 0 aromatic heterocycles. The molecule has 9 rings (SSSR count). The topological polar surface area (TPSA) is 3.24 Å². The summed E-state index contributed by atoms with van der Waals surface area (Å²) in [5.41, 5.74) is 16.7. The average Bonchev–Trinajstić information content (AvgIpc) is 3.41. The Hall–Kier alpha value is -5.66. The molecule has 0 fully saturated rings. The van der Waals surface area contributed by atoms with E-state index in [2.05, 4.69) is 191 Å². The molecule has 0 saturated heterocycles. The first-order valence-corrected chi connectivity index (χ1v) is 18.3. The van der Waals surface area contributed by atoms with Gasteiger partial charge in [0.15, 0.2) is 0 Å². The number of benzene rings is 7. The molecule has 0 N–H and O–H groups in total. The van der Waals surface area contributed by atoms with Gasteiger partial charge in [0.05, 0.1) is 6.04 Å². The third-order valence-electron chi connectivity index (χ3n) is 11.5. The van der Waals surface area contributed by atoms with Crippen LogP contribution in [-0.2, 0) is 5.41 Å². The van der Waals surface area contributed by atoms with Gasteiger partial charge in [0.2, 0.25) is 0 Å². The summed E-state index contributed by atoms with van der Waals surface area (Å²) in [5.74, 6) is 0. The van der Waals surface area contributed by atoms with Gasteiger partial charge in [0, 0.05) is 17.6 Å². The van der Waals surface area contributed by atoms with Crippen LogP contribution in [0.1, 0.15) is 36.1 Å². The monoisotopic (exact) mass is 657 g/mol. The zero-order valence-electron chi connectivity index (χ0n) is 30.2. The number of likely N-dealkylation sites (N-methyl/N-ethyl adjacent to an activating group) is 1. The molecule has 2 atom stereocenters. The van der Waals surface area contributed by atoms with Crippen LogP contribution in [-0.4, -0.2) is 12.6 Å². The number of aryl methyl sites for hydroxylation is 3. The summed E-state index contributed by atoms with van der Waals surface area (Å²) >= 11 is 0. The molecule has 51 heavy (non-hydrogen) atoms. The number of rotatable bonds is 5. The van der Waals surface area contributed by atoms with E-state index in [0.717, 1.165) is 6.54 Å². The Bertz CT molecular complexity index is 2530. The van der Waals surface area contributed by atoms with E-state index in [1.165, 1.54) is 94.0 Å². The zero-order valence-corrected chi connectivity index (χ0v) is 30.2. The summed E-state index contributed by atoms with van der Waals surface area (Å²) in [6.07, 6.45) is 9.17. The lowest BCUT2D eigenvalue weighted by Gasteiger charge is -2.34. The van der Waals surface area contributed by atoms with Crippen molar-refractivity contribution in [3.05, 3.63) is 174 Å². The van der Waals surface area contributed by atoms with Gasteiger partial charge < -0.3 is 4.90 Å². The van der Waals surface area contributed by atoms with Gasteiger partial charge in [-0.3, -0.25) is 0 Å². The summed E-state index contributed by atoms with van der Waals surface area (Å²) in [6, 6.07) is 48.7. The minimum Gasteiger partial charge on any atom is -0.364 e. The fourth-order valence-corrected chi connectivity index (χ4v) is 8.80. The molecule has 0 amide bonds. The summed E-state index contributed by atoms with van der Waals surface area (Å²) in [5, 5.41) is 5.17. The van der Waals surface area contributed by atoms with Crippen molar-refractivity contribution in [1.82, 2.24) is 0 Å². The fourth-order valence-electron chi connectivity index (χ4n) is 8.80. The molecule has 7 aromatic rings. The van der Waals surface area contributed by atoms with Crippen molar-refractivity contribution in [2.75, 3.05) is 11.4 Å². The maximum Gasteiger partial charge on any atom is 0.0605 e. The summed E-state index contributed by atoms with van der Waals surface area (Å²) in [6.45, 7) is 12.2. The second-order valence-corrected chi connectivity index (χ2v) is 14.9. The Balaban J connectivity index is 1.17. The standard InChI is InChI=1S/C50H43N/c1-6-51-46-27-24-40(31-45(46)50(5)28-8-7-9-47(50)51)37-18-22-39(23-19-37)49-42-26-13-33(3)29-43(42)48(41-25-12-34(4)30-44(41)49)38-20-16-36(17-21-38)35-14-10-32(2)11-15-35/h7-31,47H,6H2,1-5H3. The van der Waals surface area contributed by atoms with Crippen molar-refractivity contribution >= 4 is 27.2 Å². The minimum atomic E-state index is -0.0212. The van der Waals surface area contributed by atoms with Crippen molar-refractivity contribution in [3.63, 3.8) is 0 Å². The van der Waals surface area contributed by atoms with Crippen LogP contribution in [0.5, 0.6) is 0 Å². The predicted molar refractivity (Wildman–Crippen MR) is 220 cm³/mol. The van der Waals surface area contributed by atoms with Crippen LogP contribution >= 0.6 is 0 Å². The number of hydrogen-bond acceptors (Lipinski definition) is 1. The normalized spacial score (nSPS) is 17.7. The van der Waals surface area contributed by atoms with E-state index in [4.69, 9.17) is 0 Å². The lowest BCUT2D eigenvalue weighted by molar-refractivity contribution is 0.528. The van der Waals surface area contributed by atoms with Gasteiger partial charge in [-0.25, -0.2) is 0 Å². The number of fused-ring (bicyclic) bond motifs is 5. The predicted octanol–water partition coefficient (Wildman–Crippen LogP) is 13.2.